The molecule has 1 heterocycles. The second-order valence-corrected chi connectivity index (χ2v) is 4.60. The van der Waals surface area contributed by atoms with E-state index in [1.807, 2.05) is 4.90 Å². The highest BCUT2D eigenvalue weighted by Crippen LogP contribution is 2.29. The Morgan fingerprint density at radius 2 is 2.05 bits per heavy atom. The summed E-state index contributed by atoms with van der Waals surface area (Å²) in [5.41, 5.74) is 6.31. The first-order valence-corrected chi connectivity index (χ1v) is 6.44. The van der Waals surface area contributed by atoms with E-state index in [1.54, 1.807) is 32.4 Å². The van der Waals surface area contributed by atoms with Crippen LogP contribution in [-0.4, -0.2) is 44.2 Å². The monoisotopic (exact) mass is 300 g/mol. The Hall–Kier alpha value is -1.46. The number of likely N-dealkylation sites (tertiary alicyclic amines) is 1. The molecule has 1 fully saturated rings. The summed E-state index contributed by atoms with van der Waals surface area (Å²) in [4.78, 5) is 14.3. The molecule has 1 atom stereocenters. The van der Waals surface area contributed by atoms with E-state index in [9.17, 15) is 4.79 Å². The molecule has 112 valence electrons. The van der Waals surface area contributed by atoms with Crippen molar-refractivity contribution >= 4 is 18.3 Å². The fraction of sp³-hybridized carbons (Fsp3) is 0.500. The molecule has 0 saturated carbocycles. The van der Waals surface area contributed by atoms with Gasteiger partial charge in [-0.2, -0.15) is 0 Å². The van der Waals surface area contributed by atoms with Crippen LogP contribution in [-0.2, 0) is 0 Å². The van der Waals surface area contributed by atoms with E-state index in [4.69, 9.17) is 15.2 Å². The summed E-state index contributed by atoms with van der Waals surface area (Å²) >= 11 is 0. The van der Waals surface area contributed by atoms with Crippen LogP contribution in [0.15, 0.2) is 18.2 Å². The van der Waals surface area contributed by atoms with Crippen molar-refractivity contribution in [2.45, 2.75) is 18.9 Å². The lowest BCUT2D eigenvalue weighted by Crippen LogP contribution is -2.39. The molecule has 2 rings (SSSR count). The fourth-order valence-corrected chi connectivity index (χ4v) is 2.48. The molecular formula is C14H21ClN2O3. The van der Waals surface area contributed by atoms with Crippen molar-refractivity contribution < 1.29 is 14.3 Å². The van der Waals surface area contributed by atoms with Crippen LogP contribution in [0.4, 0.5) is 0 Å². The Morgan fingerprint density at radius 3 is 2.65 bits per heavy atom. The summed E-state index contributed by atoms with van der Waals surface area (Å²) in [5.74, 6) is 1.20. The fourth-order valence-electron chi connectivity index (χ4n) is 2.48. The first-order chi connectivity index (χ1) is 9.21. The van der Waals surface area contributed by atoms with Crippen molar-refractivity contribution in [1.29, 1.82) is 0 Å². The van der Waals surface area contributed by atoms with Gasteiger partial charge < -0.3 is 20.1 Å². The second kappa shape index (κ2) is 7.36. The average molecular weight is 301 g/mol. The molecule has 1 unspecified atom stereocenters. The molecule has 1 aliphatic heterocycles. The molecule has 1 aliphatic rings. The largest absolute Gasteiger partial charge is 0.493 e. The zero-order chi connectivity index (χ0) is 13.8. The minimum absolute atomic E-state index is 0. The molecule has 1 amide bonds. The standard InChI is InChI=1S/C14H20N2O3.ClH/c1-18-12-6-5-10(8-13(12)19-2)14(17)16-7-3-4-11(16)9-15;/h5-6,8,11H,3-4,7,9,15H2,1-2H3;1H. The number of nitrogens with zero attached hydrogens (tertiary/aromatic N) is 1. The lowest BCUT2D eigenvalue weighted by molar-refractivity contribution is 0.0741. The highest BCUT2D eigenvalue weighted by atomic mass is 35.5. The van der Waals surface area contributed by atoms with Gasteiger partial charge in [-0.3, -0.25) is 4.79 Å². The van der Waals surface area contributed by atoms with Crippen molar-refractivity contribution in [3.8, 4) is 11.5 Å². The van der Waals surface area contributed by atoms with Crippen LogP contribution < -0.4 is 15.2 Å². The number of benzene rings is 1. The van der Waals surface area contributed by atoms with E-state index in [1.165, 1.54) is 0 Å². The summed E-state index contributed by atoms with van der Waals surface area (Å²) in [6, 6.07) is 5.38. The topological polar surface area (TPSA) is 64.8 Å². The zero-order valence-corrected chi connectivity index (χ0v) is 12.6. The number of amides is 1. The van der Waals surface area contributed by atoms with Gasteiger partial charge in [0.15, 0.2) is 11.5 Å². The molecule has 2 N–H and O–H groups in total. The second-order valence-electron chi connectivity index (χ2n) is 4.60. The number of halogens is 1. The summed E-state index contributed by atoms with van der Waals surface area (Å²) in [7, 11) is 3.13. The summed E-state index contributed by atoms with van der Waals surface area (Å²) in [5, 5.41) is 0. The third kappa shape index (κ3) is 3.16. The van der Waals surface area contributed by atoms with E-state index >= 15 is 0 Å². The van der Waals surface area contributed by atoms with Crippen molar-refractivity contribution in [3.63, 3.8) is 0 Å². The van der Waals surface area contributed by atoms with Gasteiger partial charge >= 0.3 is 0 Å². The molecule has 0 spiro atoms. The molecule has 5 nitrogen and oxygen atoms in total. The van der Waals surface area contributed by atoms with Crippen LogP contribution in [0, 0.1) is 0 Å². The highest BCUT2D eigenvalue weighted by Gasteiger charge is 2.28. The molecule has 1 saturated heterocycles. The van der Waals surface area contributed by atoms with Crippen LogP contribution in [0.1, 0.15) is 23.2 Å². The number of rotatable bonds is 4. The maximum Gasteiger partial charge on any atom is 0.254 e. The van der Waals surface area contributed by atoms with Gasteiger partial charge in [0.2, 0.25) is 0 Å². The summed E-state index contributed by atoms with van der Waals surface area (Å²) < 4.78 is 10.4. The average Bonchev–Trinajstić information content (AvgIpc) is 2.94. The van der Waals surface area contributed by atoms with Gasteiger partial charge in [-0.1, -0.05) is 0 Å². The Kier molecular flexibility index (Phi) is 6.10. The van der Waals surface area contributed by atoms with Gasteiger partial charge in [-0.15, -0.1) is 12.4 Å². The van der Waals surface area contributed by atoms with E-state index in [2.05, 4.69) is 0 Å². The van der Waals surface area contributed by atoms with E-state index in [0.717, 1.165) is 19.4 Å². The summed E-state index contributed by atoms with van der Waals surface area (Å²) in [6.45, 7) is 1.29. The van der Waals surface area contributed by atoms with Gasteiger partial charge in [0.25, 0.3) is 5.91 Å². The number of methoxy groups -OCH3 is 2. The molecule has 20 heavy (non-hydrogen) atoms. The van der Waals surface area contributed by atoms with Crippen LogP contribution in [0.3, 0.4) is 0 Å². The van der Waals surface area contributed by atoms with Crippen LogP contribution in [0.25, 0.3) is 0 Å². The quantitative estimate of drug-likeness (QED) is 0.919. The third-order valence-electron chi connectivity index (χ3n) is 3.54. The molecule has 1 aromatic carbocycles. The van der Waals surface area contributed by atoms with Crippen molar-refractivity contribution in [1.82, 2.24) is 4.90 Å². The normalized spacial score (nSPS) is 17.6. The van der Waals surface area contributed by atoms with Crippen molar-refractivity contribution in [2.75, 3.05) is 27.3 Å². The number of nitrogens with two attached hydrogens (primary N) is 1. The van der Waals surface area contributed by atoms with Crippen LogP contribution in [0.2, 0.25) is 0 Å². The minimum atomic E-state index is 0. The predicted octanol–water partition coefficient (Wildman–Crippen LogP) is 1.69. The number of hydrogen-bond acceptors (Lipinski definition) is 4. The Labute approximate surface area is 125 Å². The van der Waals surface area contributed by atoms with Gasteiger partial charge in [-0.25, -0.2) is 0 Å². The Balaban J connectivity index is 0.00000200. The maximum atomic E-state index is 12.5. The number of ether oxygens (including phenoxy) is 2. The minimum Gasteiger partial charge on any atom is -0.493 e. The maximum absolute atomic E-state index is 12.5. The number of hydrogen-bond donors (Lipinski definition) is 1. The number of carbonyl (C=O) groups excluding carboxylic acids is 1. The Bertz CT molecular complexity index is 468. The molecule has 0 radical (unpaired) electrons. The highest BCUT2D eigenvalue weighted by molar-refractivity contribution is 5.95. The summed E-state index contributed by atoms with van der Waals surface area (Å²) in [6.07, 6.45) is 2.00. The number of carbonyl (C=O) groups is 1. The lowest BCUT2D eigenvalue weighted by Gasteiger charge is -2.23. The van der Waals surface area contributed by atoms with Gasteiger partial charge in [0, 0.05) is 24.7 Å². The van der Waals surface area contributed by atoms with E-state index < -0.39 is 0 Å². The van der Waals surface area contributed by atoms with E-state index in [-0.39, 0.29) is 24.4 Å². The first-order valence-electron chi connectivity index (χ1n) is 6.44. The lowest BCUT2D eigenvalue weighted by atomic mass is 10.1. The molecule has 0 bridgehead atoms. The van der Waals surface area contributed by atoms with Crippen LogP contribution in [0.5, 0.6) is 11.5 Å². The van der Waals surface area contributed by atoms with E-state index in [0.29, 0.717) is 23.6 Å². The molecular weight excluding hydrogens is 280 g/mol. The SMILES string of the molecule is COc1ccc(C(=O)N2CCCC2CN)cc1OC.Cl. The molecule has 6 heteroatoms. The van der Waals surface area contributed by atoms with Gasteiger partial charge in [-0.05, 0) is 31.0 Å². The predicted molar refractivity (Wildman–Crippen MR) is 79.9 cm³/mol. The first kappa shape index (κ1) is 16.6. The van der Waals surface area contributed by atoms with Gasteiger partial charge in [0.1, 0.15) is 0 Å². The molecule has 0 aromatic heterocycles. The van der Waals surface area contributed by atoms with Gasteiger partial charge in [0.05, 0.1) is 14.2 Å². The van der Waals surface area contributed by atoms with Crippen molar-refractivity contribution in [3.05, 3.63) is 23.8 Å². The molecule has 0 aliphatic carbocycles. The smallest absolute Gasteiger partial charge is 0.254 e. The third-order valence-corrected chi connectivity index (χ3v) is 3.54. The molecule has 1 aromatic rings. The van der Waals surface area contributed by atoms with Crippen molar-refractivity contribution in [2.24, 2.45) is 5.73 Å². The van der Waals surface area contributed by atoms with Crippen LogP contribution >= 0.6 is 12.4 Å². The Morgan fingerprint density at radius 1 is 1.35 bits per heavy atom. The zero-order valence-electron chi connectivity index (χ0n) is 11.8.